The van der Waals surface area contributed by atoms with Crippen molar-refractivity contribution in [3.63, 3.8) is 0 Å². The molecule has 2 aromatic rings. The smallest absolute Gasteiger partial charge is 0.132 e. The van der Waals surface area contributed by atoms with Gasteiger partial charge in [0.2, 0.25) is 0 Å². The molecule has 0 atom stereocenters. The lowest BCUT2D eigenvalue weighted by molar-refractivity contribution is 0.272. The second-order valence-electron chi connectivity index (χ2n) is 5.23. The van der Waals surface area contributed by atoms with Gasteiger partial charge in [-0.2, -0.15) is 0 Å². The molecule has 0 amide bonds. The molecule has 3 nitrogen and oxygen atoms in total. The maximum atomic E-state index is 8.95. The van der Waals surface area contributed by atoms with Crippen LogP contribution >= 0.6 is 0 Å². The van der Waals surface area contributed by atoms with Gasteiger partial charge in [-0.05, 0) is 16.5 Å². The minimum atomic E-state index is -0.0555. The maximum Gasteiger partial charge on any atom is 0.132 e. The molecule has 0 saturated carbocycles. The molecule has 0 bridgehead atoms. The molecule has 0 radical (unpaired) electrons. The van der Waals surface area contributed by atoms with Gasteiger partial charge in [-0.15, -0.1) is 0 Å². The molecule has 0 aliphatic rings. The lowest BCUT2D eigenvalue weighted by Gasteiger charge is -2.18. The Balaban J connectivity index is 2.29. The summed E-state index contributed by atoms with van der Waals surface area (Å²) in [7, 11) is 0. The number of aliphatic hydroxyl groups is 1. The van der Waals surface area contributed by atoms with Gasteiger partial charge in [0.1, 0.15) is 12.4 Å². The van der Waals surface area contributed by atoms with Crippen LogP contribution in [0.5, 0.6) is 0 Å². The highest BCUT2D eigenvalue weighted by atomic mass is 16.3. The SMILES string of the molecule is CC(C)(C)c1ccc(-c2cnc(CO)[nH]2)cc1. The third kappa shape index (κ3) is 2.56. The molecule has 3 heteroatoms. The van der Waals surface area contributed by atoms with E-state index in [9.17, 15) is 0 Å². The number of aromatic amines is 1. The Bertz CT molecular complexity index is 492. The highest BCUT2D eigenvalue weighted by molar-refractivity contribution is 5.59. The van der Waals surface area contributed by atoms with Crippen LogP contribution in [0.4, 0.5) is 0 Å². The highest BCUT2D eigenvalue weighted by Gasteiger charge is 2.13. The maximum absolute atomic E-state index is 8.95. The normalized spacial score (nSPS) is 11.8. The molecule has 0 unspecified atom stereocenters. The zero-order valence-electron chi connectivity index (χ0n) is 10.5. The fraction of sp³-hybridized carbons (Fsp3) is 0.357. The monoisotopic (exact) mass is 230 g/mol. The lowest BCUT2D eigenvalue weighted by atomic mass is 9.86. The third-order valence-electron chi connectivity index (χ3n) is 2.84. The second-order valence-corrected chi connectivity index (χ2v) is 5.23. The number of nitrogens with zero attached hydrogens (tertiary/aromatic N) is 1. The van der Waals surface area contributed by atoms with Crippen LogP contribution in [0.2, 0.25) is 0 Å². The average molecular weight is 230 g/mol. The molecule has 17 heavy (non-hydrogen) atoms. The first-order chi connectivity index (χ1) is 8.00. The van der Waals surface area contributed by atoms with Crippen LogP contribution < -0.4 is 0 Å². The fourth-order valence-corrected chi connectivity index (χ4v) is 1.74. The van der Waals surface area contributed by atoms with E-state index in [-0.39, 0.29) is 12.0 Å². The number of hydrogen-bond donors (Lipinski definition) is 2. The number of rotatable bonds is 2. The fourth-order valence-electron chi connectivity index (χ4n) is 1.74. The third-order valence-corrected chi connectivity index (χ3v) is 2.84. The van der Waals surface area contributed by atoms with Gasteiger partial charge in [-0.1, -0.05) is 45.0 Å². The summed E-state index contributed by atoms with van der Waals surface area (Å²) in [5, 5.41) is 8.95. The predicted octanol–water partition coefficient (Wildman–Crippen LogP) is 2.87. The molecule has 0 fully saturated rings. The van der Waals surface area contributed by atoms with Crippen LogP contribution in [-0.2, 0) is 12.0 Å². The molecule has 1 heterocycles. The first kappa shape index (κ1) is 11.9. The van der Waals surface area contributed by atoms with Crippen molar-refractivity contribution < 1.29 is 5.11 Å². The molecule has 0 aliphatic carbocycles. The summed E-state index contributed by atoms with van der Waals surface area (Å²) in [6, 6.07) is 8.42. The Morgan fingerprint density at radius 1 is 1.18 bits per heavy atom. The Morgan fingerprint density at radius 2 is 1.82 bits per heavy atom. The average Bonchev–Trinajstić information content (AvgIpc) is 2.76. The van der Waals surface area contributed by atoms with Gasteiger partial charge in [0.15, 0.2) is 0 Å². The Labute approximate surface area is 102 Å². The van der Waals surface area contributed by atoms with Gasteiger partial charge >= 0.3 is 0 Å². The van der Waals surface area contributed by atoms with Gasteiger partial charge in [-0.25, -0.2) is 4.98 Å². The number of H-pyrrole nitrogens is 1. The molecule has 2 N–H and O–H groups in total. The van der Waals surface area contributed by atoms with Gasteiger partial charge in [0.05, 0.1) is 11.9 Å². The molecule has 1 aromatic carbocycles. The number of benzene rings is 1. The quantitative estimate of drug-likeness (QED) is 0.833. The van der Waals surface area contributed by atoms with E-state index in [2.05, 4.69) is 55.0 Å². The number of hydrogen-bond acceptors (Lipinski definition) is 2. The van der Waals surface area contributed by atoms with Crippen LogP contribution in [0.1, 0.15) is 32.2 Å². The van der Waals surface area contributed by atoms with Crippen molar-refractivity contribution in [2.75, 3.05) is 0 Å². The largest absolute Gasteiger partial charge is 0.388 e. The Kier molecular flexibility index (Phi) is 3.03. The van der Waals surface area contributed by atoms with Crippen LogP contribution in [0.25, 0.3) is 11.3 Å². The van der Waals surface area contributed by atoms with E-state index in [0.717, 1.165) is 11.3 Å². The van der Waals surface area contributed by atoms with Crippen LogP contribution in [0, 0.1) is 0 Å². The molecular weight excluding hydrogens is 212 g/mol. The van der Waals surface area contributed by atoms with E-state index in [1.165, 1.54) is 5.56 Å². The van der Waals surface area contributed by atoms with Crippen molar-refractivity contribution >= 4 is 0 Å². The molecular formula is C14H18N2O. The van der Waals surface area contributed by atoms with Crippen molar-refractivity contribution in [1.82, 2.24) is 9.97 Å². The zero-order valence-corrected chi connectivity index (χ0v) is 10.5. The van der Waals surface area contributed by atoms with E-state index >= 15 is 0 Å². The van der Waals surface area contributed by atoms with Crippen molar-refractivity contribution in [1.29, 1.82) is 0 Å². The number of aromatic nitrogens is 2. The first-order valence-electron chi connectivity index (χ1n) is 5.76. The first-order valence-corrected chi connectivity index (χ1v) is 5.76. The standard InChI is InChI=1S/C14H18N2O/c1-14(2,3)11-6-4-10(5-7-11)12-8-15-13(9-17)16-12/h4-8,17H,9H2,1-3H3,(H,15,16). The minimum Gasteiger partial charge on any atom is -0.388 e. The van der Waals surface area contributed by atoms with Crippen molar-refractivity contribution in [3.8, 4) is 11.3 Å². The molecule has 90 valence electrons. The summed E-state index contributed by atoms with van der Waals surface area (Å²) >= 11 is 0. The number of nitrogens with one attached hydrogen (secondary N) is 1. The molecule has 0 aliphatic heterocycles. The van der Waals surface area contributed by atoms with Gasteiger partial charge in [0, 0.05) is 0 Å². The molecule has 0 spiro atoms. The topological polar surface area (TPSA) is 48.9 Å². The van der Waals surface area contributed by atoms with Crippen molar-refractivity contribution in [2.45, 2.75) is 32.8 Å². The zero-order chi connectivity index (χ0) is 12.5. The number of imidazole rings is 1. The summed E-state index contributed by atoms with van der Waals surface area (Å²) < 4.78 is 0. The Morgan fingerprint density at radius 3 is 2.29 bits per heavy atom. The predicted molar refractivity (Wildman–Crippen MR) is 68.6 cm³/mol. The molecule has 1 aromatic heterocycles. The van der Waals surface area contributed by atoms with E-state index < -0.39 is 0 Å². The van der Waals surface area contributed by atoms with Crippen molar-refractivity contribution in [3.05, 3.63) is 41.9 Å². The van der Waals surface area contributed by atoms with Crippen LogP contribution in [0.3, 0.4) is 0 Å². The van der Waals surface area contributed by atoms with Crippen LogP contribution in [0.15, 0.2) is 30.5 Å². The summed E-state index contributed by atoms with van der Waals surface area (Å²) in [4.78, 5) is 7.15. The lowest BCUT2D eigenvalue weighted by Crippen LogP contribution is -2.10. The summed E-state index contributed by atoms with van der Waals surface area (Å²) in [5.74, 6) is 0.597. The second kappa shape index (κ2) is 4.34. The van der Waals surface area contributed by atoms with Gasteiger partial charge in [-0.3, -0.25) is 0 Å². The van der Waals surface area contributed by atoms with E-state index in [1.807, 2.05) is 0 Å². The minimum absolute atomic E-state index is 0.0555. The van der Waals surface area contributed by atoms with E-state index in [4.69, 9.17) is 5.11 Å². The molecule has 2 rings (SSSR count). The van der Waals surface area contributed by atoms with E-state index in [0.29, 0.717) is 5.82 Å². The van der Waals surface area contributed by atoms with Crippen molar-refractivity contribution in [2.24, 2.45) is 0 Å². The highest BCUT2D eigenvalue weighted by Crippen LogP contribution is 2.25. The van der Waals surface area contributed by atoms with Crippen LogP contribution in [-0.4, -0.2) is 15.1 Å². The van der Waals surface area contributed by atoms with Gasteiger partial charge in [0.25, 0.3) is 0 Å². The van der Waals surface area contributed by atoms with Gasteiger partial charge < -0.3 is 10.1 Å². The summed E-state index contributed by atoms with van der Waals surface area (Å²) in [5.41, 5.74) is 3.51. The summed E-state index contributed by atoms with van der Waals surface area (Å²) in [6.07, 6.45) is 1.75. The Hall–Kier alpha value is -1.61. The number of aliphatic hydroxyl groups excluding tert-OH is 1. The summed E-state index contributed by atoms with van der Waals surface area (Å²) in [6.45, 7) is 6.53. The molecule has 0 saturated heterocycles. The van der Waals surface area contributed by atoms with E-state index in [1.54, 1.807) is 6.20 Å².